The molecular weight excluding hydrogens is 1350 g/mol. The predicted octanol–water partition coefficient (Wildman–Crippen LogP) is 17.0. The van der Waals surface area contributed by atoms with E-state index in [0.717, 1.165) is 27.8 Å². The Hall–Kier alpha value is -14.4. The number of aromatic amines is 2. The molecule has 0 saturated heterocycles. The Kier molecular flexibility index (Phi) is 14.3. The molecule has 15 aromatic rings. The molecule has 0 radical (unpaired) electrons. The molecule has 0 aliphatic carbocycles. The lowest BCUT2D eigenvalue weighted by molar-refractivity contribution is 0.101. The Bertz CT molecular complexity index is 7070. The van der Waals surface area contributed by atoms with Crippen molar-refractivity contribution >= 4 is 57.8 Å². The highest BCUT2D eigenvalue weighted by atomic mass is 16.2. The number of H-pyrrole nitrogens is 2. The van der Waals surface area contributed by atoms with Crippen LogP contribution in [-0.2, 0) is 0 Å². The standard InChI is InChI=1S/2C29H26N6O.C28H25N7O/c2*1-19-9-12-35(18-19)25-14-20(2)13-24(16-25)32-28(36)22-7-6-21(3)27(15-22)34-29-31-11-8-26(33-29)23-5-4-10-30-17-23;1-18-11-23(14-24(12-18)35-16-20(3)31-17-35)32-27(36)21-7-6-19(2)26(13-21)34-28-30-10-8-25(33-28)22-5-4-9-29-15-22/h2*4-18H,1-3H3,(H,32,36)(H,31,33,34);4-17H,1-3H3,(H,32,36)(H,30,33,34)/i3D3,4D,5D,8D,10D,11D,12D,17D,18D;13D,14D,16D;2D3,4D,5D,8D,9D,10D,15D,16D,17D. The van der Waals surface area contributed by atoms with Gasteiger partial charge in [0.15, 0.2) is 0 Å². The summed E-state index contributed by atoms with van der Waals surface area (Å²) in [7, 11) is 0. The van der Waals surface area contributed by atoms with Crippen molar-refractivity contribution in [3.05, 3.63) is 347 Å². The summed E-state index contributed by atoms with van der Waals surface area (Å²) < 4.78 is 208. The van der Waals surface area contributed by atoms with Gasteiger partial charge < -0.3 is 44.9 Å². The van der Waals surface area contributed by atoms with E-state index in [4.69, 9.17) is 34.3 Å². The molecule has 0 saturated carbocycles. The zero-order valence-electron chi connectivity index (χ0n) is 83.5. The molecule has 15 rings (SSSR count). The fourth-order valence-electron chi connectivity index (χ4n) is 10.5. The molecule has 22 nitrogen and oxygen atoms in total. The summed E-state index contributed by atoms with van der Waals surface area (Å²) in [6.45, 7) is 6.99. The van der Waals surface area contributed by atoms with Gasteiger partial charge in [-0.1, -0.05) is 18.2 Å². The van der Waals surface area contributed by atoms with E-state index >= 15 is 0 Å². The third-order valence-electron chi connectivity index (χ3n) is 15.6. The molecule has 0 fully saturated rings. The number of aryl methyl sites for hydroxylation is 8. The van der Waals surface area contributed by atoms with Crippen LogP contribution in [0.2, 0.25) is 0 Å². The zero-order valence-corrected chi connectivity index (χ0v) is 58.5. The molecule has 534 valence electrons. The van der Waals surface area contributed by atoms with Gasteiger partial charge in [-0.15, -0.1) is 0 Å². The van der Waals surface area contributed by atoms with Crippen LogP contribution in [0.25, 0.3) is 50.8 Å². The van der Waals surface area contributed by atoms with E-state index < -0.39 is 105 Å². The maximum atomic E-state index is 13.4. The van der Waals surface area contributed by atoms with E-state index in [-0.39, 0.29) is 116 Å². The molecule has 9 heterocycles. The smallest absolute Gasteiger partial charge is 0.255 e. The topological polar surface area (TPSA) is 274 Å². The normalized spacial score (nSPS) is 14.8. The minimum Gasteiger partial charge on any atom is -0.324 e. The first kappa shape index (κ1) is 47.0. The van der Waals surface area contributed by atoms with Gasteiger partial charge in [-0.3, -0.25) is 29.3 Å². The average molecular weight is 1450 g/mol. The van der Waals surface area contributed by atoms with Crippen LogP contribution in [0.4, 0.5) is 40.1 Å². The first-order valence-corrected chi connectivity index (χ1v) is 32.8. The van der Waals surface area contributed by atoms with Gasteiger partial charge in [-0.25, -0.2) is 34.9 Å². The molecule has 0 aliphatic rings. The van der Waals surface area contributed by atoms with Crippen LogP contribution in [0.15, 0.2) is 279 Å². The number of carbonyl (C=O) groups excluding carboxylic acids is 3. The number of carbonyl (C=O) groups is 3. The van der Waals surface area contributed by atoms with Crippen LogP contribution in [0.1, 0.15) is 116 Å². The van der Waals surface area contributed by atoms with Crippen LogP contribution in [0, 0.1) is 62.2 Å². The number of imidazole rings is 1. The number of pyridine rings is 3. The maximum Gasteiger partial charge on any atom is 0.255 e. The van der Waals surface area contributed by atoms with E-state index in [1.807, 2.05) is 38.2 Å². The third kappa shape index (κ3) is 18.5. The van der Waals surface area contributed by atoms with Gasteiger partial charge in [0.05, 0.1) is 65.1 Å². The van der Waals surface area contributed by atoms with Gasteiger partial charge in [-0.2, -0.15) is 0 Å². The molecule has 9 aromatic heterocycles. The van der Waals surface area contributed by atoms with E-state index in [9.17, 15) is 14.4 Å². The summed E-state index contributed by atoms with van der Waals surface area (Å²) in [5, 5.41) is 11.4. The highest BCUT2D eigenvalue weighted by Crippen LogP contribution is 2.29. The Morgan fingerprint density at radius 3 is 1.65 bits per heavy atom. The van der Waals surface area contributed by atoms with Crippen molar-refractivity contribution < 1.29 is 48.7 Å². The number of aromatic nitrogens is 13. The molecule has 0 atom stereocenters. The van der Waals surface area contributed by atoms with Crippen LogP contribution in [0.5, 0.6) is 0 Å². The van der Waals surface area contributed by atoms with Crippen LogP contribution < -0.4 is 32.5 Å². The number of hydrogen-bond donors (Lipinski definition) is 6. The van der Waals surface area contributed by atoms with Crippen molar-refractivity contribution in [2.45, 2.75) is 62.2 Å². The summed E-state index contributed by atoms with van der Waals surface area (Å²) in [5.41, 5.74) is 6.19. The minimum absolute atomic E-state index is 0.0000426. The summed E-state index contributed by atoms with van der Waals surface area (Å²) in [6, 6.07) is 28.1. The summed E-state index contributed by atoms with van der Waals surface area (Å²) in [4.78, 5) is 85.9. The number of nitrogens with one attached hydrogen (secondary N) is 6. The molecule has 6 N–H and O–H groups in total. The maximum absolute atomic E-state index is 13.4. The predicted molar refractivity (Wildman–Crippen MR) is 424 cm³/mol. The Morgan fingerprint density at radius 2 is 1.09 bits per heavy atom. The van der Waals surface area contributed by atoms with E-state index in [0.29, 0.717) is 68.2 Å². The first-order valence-electron chi connectivity index (χ1n) is 45.3. The summed E-state index contributed by atoms with van der Waals surface area (Å²) >= 11 is 0. The highest BCUT2D eigenvalue weighted by Gasteiger charge is 2.16. The van der Waals surface area contributed by atoms with Crippen molar-refractivity contribution in [2.75, 3.05) is 21.3 Å². The average Bonchev–Trinajstić information content (AvgIpc) is 1.76. The lowest BCUT2D eigenvalue weighted by Crippen LogP contribution is -2.14. The van der Waals surface area contributed by atoms with Crippen molar-refractivity contribution in [1.82, 2.24) is 63.5 Å². The first-order chi connectivity index (χ1) is 62.6. The van der Waals surface area contributed by atoms with Gasteiger partial charge in [0.1, 0.15) is 1.37 Å². The number of rotatable bonds is 16. The zero-order chi connectivity index (χ0) is 96.7. The molecule has 0 spiro atoms. The lowest BCUT2D eigenvalue weighted by atomic mass is 10.1. The summed E-state index contributed by atoms with van der Waals surface area (Å²) in [6.07, 6.45) is 5.06. The fourth-order valence-corrected chi connectivity index (χ4v) is 10.5. The van der Waals surface area contributed by atoms with Gasteiger partial charge in [0.2, 0.25) is 17.2 Å². The van der Waals surface area contributed by atoms with Crippen LogP contribution >= 0.6 is 0 Å². The molecule has 108 heavy (non-hydrogen) atoms. The van der Waals surface area contributed by atoms with Crippen molar-refractivity contribution in [3.8, 4) is 50.8 Å². The van der Waals surface area contributed by atoms with Crippen molar-refractivity contribution in [2.24, 2.45) is 9.98 Å². The third-order valence-corrected chi connectivity index (χ3v) is 15.6. The molecule has 0 unspecified atom stereocenters. The van der Waals surface area contributed by atoms with Gasteiger partial charge in [-0.05, 0) is 264 Å². The van der Waals surface area contributed by atoms with E-state index in [2.05, 4.69) is 81.1 Å². The summed E-state index contributed by atoms with van der Waals surface area (Å²) in [5.74, 6) is -1.38. The second-order valence-electron chi connectivity index (χ2n) is 24.1. The number of nitrogens with zero attached hydrogens (tertiary/aromatic N) is 13. The molecule has 22 heteroatoms. The second kappa shape index (κ2) is 32.9. The quantitative estimate of drug-likeness (QED) is 0.0527. The van der Waals surface area contributed by atoms with E-state index in [1.165, 1.54) is 45.5 Å². The van der Waals surface area contributed by atoms with Crippen molar-refractivity contribution in [1.29, 1.82) is 0 Å². The molecule has 6 aromatic carbocycles. The molecule has 0 bridgehead atoms. The Morgan fingerprint density at radius 1 is 0.491 bits per heavy atom. The van der Waals surface area contributed by atoms with Crippen molar-refractivity contribution in [3.63, 3.8) is 0 Å². The Labute approximate surface area is 659 Å². The molecule has 0 aliphatic heterocycles. The number of anilines is 5. The van der Waals surface area contributed by atoms with Crippen LogP contribution in [-0.4, -0.2) is 81.3 Å². The van der Waals surface area contributed by atoms with E-state index in [1.54, 1.807) is 131 Å². The van der Waals surface area contributed by atoms with Crippen LogP contribution in [0.3, 0.4) is 0 Å². The molecule has 3 amide bonds. The number of amides is 3. The largest absolute Gasteiger partial charge is 0.324 e. The number of benzene rings is 6. The van der Waals surface area contributed by atoms with Gasteiger partial charge >= 0.3 is 0 Å². The number of hydrogen-bond acceptors (Lipinski definition) is 14. The fraction of sp³-hybridized carbons (Fsp3) is 0.105. The SMILES string of the molecule is [2H]c1c(C)c([2H])c(-n2ccc(C)c2)c([2H])c1NC(=O)c1ccc(C)c(Nc2nccc(-c3cccnc3)n2)c1.[2H]c1nc(=Nc2cc(C(=O)Nc3cc(C)cc(-n4c([2H])cc(C)c4[2H])c3)ccc2C([2H])([2H])[2H])[nH]c(-c2c([2H])nc([2H])c([2H])c2[2H])c1[2H].[2H]c1nc(=Nc2cc(C(=O)Nc3cc(C)cc(-n4c([2H])nc(C)c4[2H])c3)ccc2C([2H])([2H])[2H])[nH]c(-c2c([2H])nc([2H])c([2H])c2[2H])c1[2H]. The second-order valence-corrected chi connectivity index (χ2v) is 24.1. The minimum atomic E-state index is -2.69. The van der Waals surface area contributed by atoms with Gasteiger partial charge in [0.25, 0.3) is 17.7 Å². The van der Waals surface area contributed by atoms with Gasteiger partial charge in [0, 0.05) is 168 Å². The molecular formula is C86H77N19O3. The monoisotopic (exact) mass is 1450 g/mol. The Balaban J connectivity index is 0.000000170. The highest BCUT2D eigenvalue weighted by molar-refractivity contribution is 6.06. The lowest BCUT2D eigenvalue weighted by Gasteiger charge is -2.13.